The Kier molecular flexibility index (Phi) is 8.32. The zero-order valence-corrected chi connectivity index (χ0v) is 11.7. The summed E-state index contributed by atoms with van der Waals surface area (Å²) in [6.07, 6.45) is 1.11. The first kappa shape index (κ1) is 17.2. The Morgan fingerprint density at radius 1 is 1.32 bits per heavy atom. The van der Waals surface area contributed by atoms with Gasteiger partial charge in [0.15, 0.2) is 0 Å². The summed E-state index contributed by atoms with van der Waals surface area (Å²) >= 11 is 0. The van der Waals surface area contributed by atoms with Crippen LogP contribution in [0.15, 0.2) is 0 Å². The van der Waals surface area contributed by atoms with Crippen LogP contribution in [0.4, 0.5) is 4.79 Å². The minimum Gasteiger partial charge on any atom is -0.481 e. The lowest BCUT2D eigenvalue weighted by Crippen LogP contribution is -2.45. The third kappa shape index (κ3) is 7.28. The van der Waals surface area contributed by atoms with E-state index in [0.717, 1.165) is 6.42 Å². The van der Waals surface area contributed by atoms with E-state index in [2.05, 4.69) is 10.6 Å². The van der Waals surface area contributed by atoms with Crippen LogP contribution in [0.2, 0.25) is 0 Å². The highest BCUT2D eigenvalue weighted by Crippen LogP contribution is 2.00. The minimum atomic E-state index is -0.884. The van der Waals surface area contributed by atoms with E-state index in [1.165, 1.54) is 11.9 Å². The molecule has 0 aromatic rings. The fourth-order valence-corrected chi connectivity index (χ4v) is 1.41. The van der Waals surface area contributed by atoms with E-state index < -0.39 is 11.9 Å². The van der Waals surface area contributed by atoms with Crippen LogP contribution < -0.4 is 10.6 Å². The average molecular weight is 273 g/mol. The van der Waals surface area contributed by atoms with Gasteiger partial charge in [-0.1, -0.05) is 13.8 Å². The predicted octanol–water partition coefficient (Wildman–Crippen LogP) is 0.265. The van der Waals surface area contributed by atoms with Crippen molar-refractivity contribution in [2.24, 2.45) is 5.92 Å². The molecule has 1 atom stereocenters. The summed E-state index contributed by atoms with van der Waals surface area (Å²) in [6, 6.07) is -0.344. The second kappa shape index (κ2) is 9.18. The molecule has 0 aliphatic rings. The maximum absolute atomic E-state index is 11.8. The van der Waals surface area contributed by atoms with Crippen LogP contribution in [0.25, 0.3) is 0 Å². The first-order chi connectivity index (χ1) is 8.92. The van der Waals surface area contributed by atoms with E-state index in [4.69, 9.17) is 5.11 Å². The summed E-state index contributed by atoms with van der Waals surface area (Å²) in [5, 5.41) is 13.8. The van der Waals surface area contributed by atoms with Gasteiger partial charge in [0.05, 0.1) is 5.92 Å². The van der Waals surface area contributed by atoms with Crippen molar-refractivity contribution in [1.82, 2.24) is 15.5 Å². The first-order valence-corrected chi connectivity index (χ1v) is 6.38. The molecule has 3 amide bonds. The molecule has 3 N–H and O–H groups in total. The summed E-state index contributed by atoms with van der Waals surface area (Å²) in [6.45, 7) is 4.26. The maximum atomic E-state index is 11.8. The highest BCUT2D eigenvalue weighted by molar-refractivity contribution is 5.83. The molecular weight excluding hydrogens is 250 g/mol. The zero-order valence-electron chi connectivity index (χ0n) is 11.7. The lowest BCUT2D eigenvalue weighted by atomic mass is 10.1. The molecule has 0 aliphatic carbocycles. The van der Waals surface area contributed by atoms with Crippen molar-refractivity contribution in [1.29, 1.82) is 0 Å². The van der Waals surface area contributed by atoms with Gasteiger partial charge >= 0.3 is 12.0 Å². The van der Waals surface area contributed by atoms with E-state index in [1.807, 2.05) is 6.92 Å². The number of likely N-dealkylation sites (N-methyl/N-ethyl adjacent to an activating group) is 1. The first-order valence-electron chi connectivity index (χ1n) is 6.38. The molecule has 0 heterocycles. The van der Waals surface area contributed by atoms with E-state index in [-0.39, 0.29) is 25.0 Å². The zero-order chi connectivity index (χ0) is 14.8. The molecule has 0 spiro atoms. The van der Waals surface area contributed by atoms with Crippen LogP contribution in [0.1, 0.15) is 26.7 Å². The second-order valence-corrected chi connectivity index (χ2v) is 4.35. The van der Waals surface area contributed by atoms with Crippen molar-refractivity contribution in [3.8, 4) is 0 Å². The van der Waals surface area contributed by atoms with Gasteiger partial charge in [-0.3, -0.25) is 9.59 Å². The van der Waals surface area contributed by atoms with Gasteiger partial charge in [-0.05, 0) is 12.8 Å². The summed E-state index contributed by atoms with van der Waals surface area (Å²) < 4.78 is 0. The number of amides is 3. The standard InChI is InChI=1S/C12H23N3O4/c1-4-7-15(8-10(16)13-3)12(19)14-6-5-9(2)11(17)18/h9H,4-8H2,1-3H3,(H,13,16)(H,14,19)(H,17,18). The number of hydrogen-bond acceptors (Lipinski definition) is 3. The second-order valence-electron chi connectivity index (χ2n) is 4.35. The Balaban J connectivity index is 4.17. The maximum Gasteiger partial charge on any atom is 0.317 e. The summed E-state index contributed by atoms with van der Waals surface area (Å²) in [5.74, 6) is -1.62. The topological polar surface area (TPSA) is 98.7 Å². The molecule has 0 saturated carbocycles. The van der Waals surface area contributed by atoms with Gasteiger partial charge in [0.1, 0.15) is 6.54 Å². The van der Waals surface area contributed by atoms with Gasteiger partial charge in [0.25, 0.3) is 0 Å². The summed E-state index contributed by atoms with van der Waals surface area (Å²) in [7, 11) is 1.51. The van der Waals surface area contributed by atoms with Crippen molar-refractivity contribution >= 4 is 17.9 Å². The molecule has 19 heavy (non-hydrogen) atoms. The van der Waals surface area contributed by atoms with Crippen molar-refractivity contribution in [2.45, 2.75) is 26.7 Å². The minimum absolute atomic E-state index is 0.00462. The quantitative estimate of drug-likeness (QED) is 0.591. The Morgan fingerprint density at radius 2 is 1.95 bits per heavy atom. The highest BCUT2D eigenvalue weighted by atomic mass is 16.4. The van der Waals surface area contributed by atoms with Gasteiger partial charge in [-0.2, -0.15) is 0 Å². The molecule has 0 rings (SSSR count). The molecule has 0 radical (unpaired) electrons. The SMILES string of the molecule is CCCN(CC(=O)NC)C(=O)NCCC(C)C(=O)O. The van der Waals surface area contributed by atoms with Crippen molar-refractivity contribution in [2.75, 3.05) is 26.7 Å². The average Bonchev–Trinajstić information content (AvgIpc) is 2.37. The number of urea groups is 1. The van der Waals surface area contributed by atoms with Gasteiger partial charge in [-0.25, -0.2) is 4.79 Å². The Hall–Kier alpha value is -1.79. The molecule has 0 aromatic heterocycles. The van der Waals surface area contributed by atoms with Crippen LogP contribution in [0.3, 0.4) is 0 Å². The number of rotatable bonds is 8. The highest BCUT2D eigenvalue weighted by Gasteiger charge is 2.16. The largest absolute Gasteiger partial charge is 0.481 e. The van der Waals surface area contributed by atoms with E-state index in [9.17, 15) is 14.4 Å². The molecule has 7 heteroatoms. The number of carbonyl (C=O) groups excluding carboxylic acids is 2. The molecule has 0 aromatic carbocycles. The van der Waals surface area contributed by atoms with Gasteiger partial charge in [0.2, 0.25) is 5.91 Å². The van der Waals surface area contributed by atoms with Crippen LogP contribution in [-0.4, -0.2) is 54.6 Å². The number of nitrogens with one attached hydrogen (secondary N) is 2. The molecule has 0 saturated heterocycles. The molecule has 7 nitrogen and oxygen atoms in total. The van der Waals surface area contributed by atoms with E-state index in [0.29, 0.717) is 13.0 Å². The fraction of sp³-hybridized carbons (Fsp3) is 0.750. The molecule has 0 aliphatic heterocycles. The van der Waals surface area contributed by atoms with Crippen LogP contribution in [0, 0.1) is 5.92 Å². The Labute approximate surface area is 113 Å². The van der Waals surface area contributed by atoms with Gasteiger partial charge < -0.3 is 20.6 Å². The van der Waals surface area contributed by atoms with E-state index >= 15 is 0 Å². The number of carboxylic acids is 1. The Morgan fingerprint density at radius 3 is 2.42 bits per heavy atom. The normalized spacial score (nSPS) is 11.5. The molecule has 0 bridgehead atoms. The monoisotopic (exact) mass is 273 g/mol. The van der Waals surface area contributed by atoms with Crippen LogP contribution in [-0.2, 0) is 9.59 Å². The molecule has 1 unspecified atom stereocenters. The number of hydrogen-bond donors (Lipinski definition) is 3. The van der Waals surface area contributed by atoms with Crippen molar-refractivity contribution in [3.05, 3.63) is 0 Å². The van der Waals surface area contributed by atoms with Crippen LogP contribution in [0.5, 0.6) is 0 Å². The van der Waals surface area contributed by atoms with Crippen LogP contribution >= 0.6 is 0 Å². The van der Waals surface area contributed by atoms with Crippen molar-refractivity contribution in [3.63, 3.8) is 0 Å². The third-order valence-corrected chi connectivity index (χ3v) is 2.67. The van der Waals surface area contributed by atoms with Gasteiger partial charge in [-0.15, -0.1) is 0 Å². The Bertz CT molecular complexity index is 320. The fourth-order valence-electron chi connectivity index (χ4n) is 1.41. The predicted molar refractivity (Wildman–Crippen MR) is 70.7 cm³/mol. The number of carboxylic acid groups (broad SMARTS) is 1. The number of carbonyl (C=O) groups is 3. The van der Waals surface area contributed by atoms with Crippen molar-refractivity contribution < 1.29 is 19.5 Å². The molecule has 110 valence electrons. The summed E-state index contributed by atoms with van der Waals surface area (Å²) in [5.41, 5.74) is 0. The van der Waals surface area contributed by atoms with Gasteiger partial charge in [0, 0.05) is 20.1 Å². The molecule has 0 fully saturated rings. The lowest BCUT2D eigenvalue weighted by molar-refractivity contribution is -0.141. The molecular formula is C12H23N3O4. The lowest BCUT2D eigenvalue weighted by Gasteiger charge is -2.21. The summed E-state index contributed by atoms with van der Waals surface area (Å²) in [4.78, 5) is 35.1. The smallest absolute Gasteiger partial charge is 0.317 e. The van der Waals surface area contributed by atoms with E-state index in [1.54, 1.807) is 6.92 Å². The number of aliphatic carboxylic acids is 1. The third-order valence-electron chi connectivity index (χ3n) is 2.67. The number of nitrogens with zero attached hydrogens (tertiary/aromatic N) is 1.